The van der Waals surface area contributed by atoms with Gasteiger partial charge in [-0.2, -0.15) is 4.31 Å². The molecule has 0 aliphatic carbocycles. The second kappa shape index (κ2) is 8.10. The van der Waals surface area contributed by atoms with Gasteiger partial charge in [0.1, 0.15) is 6.04 Å². The first-order chi connectivity index (χ1) is 11.8. The Morgan fingerprint density at radius 2 is 1.84 bits per heavy atom. The lowest BCUT2D eigenvalue weighted by molar-refractivity contribution is -0.134. The number of benzene rings is 1. The van der Waals surface area contributed by atoms with Crippen molar-refractivity contribution in [1.82, 2.24) is 9.21 Å². The summed E-state index contributed by atoms with van der Waals surface area (Å²) in [5.74, 6) is -0.262. The number of carbonyl (C=O) groups excluding carboxylic acids is 2. The molecule has 1 aromatic rings. The van der Waals surface area contributed by atoms with Crippen molar-refractivity contribution in [3.8, 4) is 0 Å². The number of amides is 1. The third kappa shape index (κ3) is 4.27. The summed E-state index contributed by atoms with van der Waals surface area (Å²) in [6.45, 7) is 4.37. The Morgan fingerprint density at radius 3 is 2.40 bits per heavy atom. The van der Waals surface area contributed by atoms with Gasteiger partial charge in [-0.25, -0.2) is 8.42 Å². The van der Waals surface area contributed by atoms with Crippen LogP contribution in [0.15, 0.2) is 29.2 Å². The van der Waals surface area contributed by atoms with Crippen molar-refractivity contribution < 1.29 is 18.0 Å². The lowest BCUT2D eigenvalue weighted by Gasteiger charge is -2.35. The molecule has 1 amide bonds. The van der Waals surface area contributed by atoms with E-state index in [4.69, 9.17) is 0 Å². The molecule has 138 valence electrons. The number of nitrogens with zero attached hydrogens (tertiary/aromatic N) is 2. The van der Waals surface area contributed by atoms with Gasteiger partial charge in [-0.05, 0) is 38.3 Å². The van der Waals surface area contributed by atoms with Crippen molar-refractivity contribution in [2.24, 2.45) is 0 Å². The average Bonchev–Trinajstić information content (AvgIpc) is 2.61. The Kier molecular flexibility index (Phi) is 6.35. The highest BCUT2D eigenvalue weighted by atomic mass is 32.2. The number of ketones is 1. The lowest BCUT2D eigenvalue weighted by atomic mass is 10.0. The second-order valence-electron chi connectivity index (χ2n) is 6.47. The van der Waals surface area contributed by atoms with E-state index in [0.29, 0.717) is 25.1 Å². The number of likely N-dealkylation sites (N-methyl/N-ethyl adjacent to an activating group) is 1. The zero-order chi connectivity index (χ0) is 18.6. The number of rotatable bonds is 6. The number of sulfonamides is 1. The summed E-state index contributed by atoms with van der Waals surface area (Å²) < 4.78 is 27.4. The minimum absolute atomic E-state index is 0.115. The van der Waals surface area contributed by atoms with E-state index in [2.05, 4.69) is 0 Å². The van der Waals surface area contributed by atoms with E-state index in [9.17, 15) is 18.0 Å². The number of piperidine rings is 1. The van der Waals surface area contributed by atoms with Gasteiger partial charge >= 0.3 is 0 Å². The molecular weight excluding hydrogens is 340 g/mol. The highest BCUT2D eigenvalue weighted by molar-refractivity contribution is 7.89. The molecule has 1 heterocycles. The normalized spacial score (nSPS) is 18.8. The third-order valence-electron chi connectivity index (χ3n) is 4.54. The Balaban J connectivity index is 2.31. The van der Waals surface area contributed by atoms with Gasteiger partial charge < -0.3 is 4.90 Å². The molecule has 2 rings (SSSR count). The molecule has 7 heteroatoms. The molecule has 1 fully saturated rings. The molecule has 25 heavy (non-hydrogen) atoms. The Hall–Kier alpha value is -1.73. The molecule has 1 atom stereocenters. The van der Waals surface area contributed by atoms with E-state index in [1.807, 2.05) is 6.92 Å². The maximum atomic E-state index is 13.0. The number of hydrogen-bond donors (Lipinski definition) is 0. The van der Waals surface area contributed by atoms with E-state index >= 15 is 0 Å². The largest absolute Gasteiger partial charge is 0.344 e. The van der Waals surface area contributed by atoms with E-state index in [0.717, 1.165) is 19.3 Å². The molecule has 1 aliphatic rings. The molecule has 0 spiro atoms. The van der Waals surface area contributed by atoms with Crippen molar-refractivity contribution in [1.29, 1.82) is 0 Å². The molecule has 0 bridgehead atoms. The van der Waals surface area contributed by atoms with Crippen LogP contribution in [0.5, 0.6) is 0 Å². The van der Waals surface area contributed by atoms with E-state index < -0.39 is 16.1 Å². The molecule has 1 unspecified atom stereocenters. The molecule has 0 radical (unpaired) electrons. The van der Waals surface area contributed by atoms with Crippen LogP contribution in [-0.4, -0.2) is 55.5 Å². The second-order valence-corrected chi connectivity index (χ2v) is 8.36. The fourth-order valence-corrected chi connectivity index (χ4v) is 4.79. The molecule has 1 aromatic carbocycles. The number of hydrogen-bond acceptors (Lipinski definition) is 4. The van der Waals surface area contributed by atoms with Crippen molar-refractivity contribution in [2.45, 2.75) is 50.5 Å². The van der Waals surface area contributed by atoms with Crippen LogP contribution < -0.4 is 0 Å². The summed E-state index contributed by atoms with van der Waals surface area (Å²) in [5.41, 5.74) is 0.466. The molecule has 0 N–H and O–H groups in total. The molecule has 1 saturated heterocycles. The summed E-state index contributed by atoms with van der Waals surface area (Å²) >= 11 is 0. The summed E-state index contributed by atoms with van der Waals surface area (Å²) in [6.07, 6.45) is 2.95. The monoisotopic (exact) mass is 366 g/mol. The van der Waals surface area contributed by atoms with Gasteiger partial charge in [0.25, 0.3) is 0 Å². The van der Waals surface area contributed by atoms with Crippen molar-refractivity contribution in [2.75, 3.05) is 20.1 Å². The van der Waals surface area contributed by atoms with Crippen LogP contribution in [0.25, 0.3) is 0 Å². The molecule has 0 saturated carbocycles. The number of carbonyl (C=O) groups is 2. The maximum absolute atomic E-state index is 13.0. The minimum atomic E-state index is -3.77. The molecule has 0 aromatic heterocycles. The van der Waals surface area contributed by atoms with Crippen LogP contribution in [0.2, 0.25) is 0 Å². The highest BCUT2D eigenvalue weighted by Crippen LogP contribution is 2.26. The van der Waals surface area contributed by atoms with Gasteiger partial charge in [-0.15, -0.1) is 0 Å². The SMILES string of the molecule is CCCN(C)C(=O)C1CCCCN1S(=O)(=O)c1ccc(C(C)=O)cc1. The van der Waals surface area contributed by atoms with Gasteiger partial charge in [-0.1, -0.05) is 25.5 Å². The molecule has 6 nitrogen and oxygen atoms in total. The summed E-state index contributed by atoms with van der Waals surface area (Å²) in [4.78, 5) is 25.8. The summed E-state index contributed by atoms with van der Waals surface area (Å²) in [5, 5.41) is 0. The fourth-order valence-electron chi connectivity index (χ4n) is 3.14. The first kappa shape index (κ1) is 19.6. The van der Waals surface area contributed by atoms with Crippen molar-refractivity contribution in [3.63, 3.8) is 0 Å². The standard InChI is InChI=1S/C18H26N2O4S/c1-4-12-19(3)18(22)17-7-5-6-13-20(17)25(23,24)16-10-8-15(9-11-16)14(2)21/h8-11,17H,4-7,12-13H2,1-3H3. The third-order valence-corrected chi connectivity index (χ3v) is 6.46. The van der Waals surface area contributed by atoms with Gasteiger partial charge in [0.2, 0.25) is 15.9 Å². The molecular formula is C18H26N2O4S. The van der Waals surface area contributed by atoms with Crippen LogP contribution in [0, 0.1) is 0 Å². The van der Waals surface area contributed by atoms with Gasteiger partial charge in [-0.3, -0.25) is 9.59 Å². The topological polar surface area (TPSA) is 74.8 Å². The predicted octanol–water partition coefficient (Wildman–Crippen LogP) is 2.30. The van der Waals surface area contributed by atoms with Crippen LogP contribution in [0.3, 0.4) is 0 Å². The lowest BCUT2D eigenvalue weighted by Crippen LogP contribution is -2.52. The zero-order valence-electron chi connectivity index (χ0n) is 15.1. The highest BCUT2D eigenvalue weighted by Gasteiger charge is 2.38. The smallest absolute Gasteiger partial charge is 0.243 e. The Morgan fingerprint density at radius 1 is 1.20 bits per heavy atom. The van der Waals surface area contributed by atoms with E-state index in [1.54, 1.807) is 11.9 Å². The summed E-state index contributed by atoms with van der Waals surface area (Å²) in [6, 6.07) is 5.26. The summed E-state index contributed by atoms with van der Waals surface area (Å²) in [7, 11) is -2.06. The van der Waals surface area contributed by atoms with Crippen LogP contribution >= 0.6 is 0 Å². The number of Topliss-reactive ketones (excluding diaryl/α,β-unsaturated/α-hetero) is 1. The van der Waals surface area contributed by atoms with Gasteiger partial charge in [0.05, 0.1) is 4.90 Å². The first-order valence-electron chi connectivity index (χ1n) is 8.67. The Bertz CT molecular complexity index is 728. The van der Waals surface area contributed by atoms with Crippen molar-refractivity contribution in [3.05, 3.63) is 29.8 Å². The Labute approximate surface area is 149 Å². The zero-order valence-corrected chi connectivity index (χ0v) is 15.9. The maximum Gasteiger partial charge on any atom is 0.243 e. The quantitative estimate of drug-likeness (QED) is 0.724. The van der Waals surface area contributed by atoms with E-state index in [1.165, 1.54) is 35.5 Å². The van der Waals surface area contributed by atoms with Crippen LogP contribution in [-0.2, 0) is 14.8 Å². The van der Waals surface area contributed by atoms with Crippen molar-refractivity contribution >= 4 is 21.7 Å². The minimum Gasteiger partial charge on any atom is -0.344 e. The predicted molar refractivity (Wildman–Crippen MR) is 95.9 cm³/mol. The first-order valence-corrected chi connectivity index (χ1v) is 10.1. The van der Waals surface area contributed by atoms with Crippen LogP contribution in [0.1, 0.15) is 49.9 Å². The van der Waals surface area contributed by atoms with E-state index in [-0.39, 0.29) is 16.6 Å². The fraction of sp³-hybridized carbons (Fsp3) is 0.556. The molecule has 1 aliphatic heterocycles. The average molecular weight is 366 g/mol. The van der Waals surface area contributed by atoms with Gasteiger partial charge in [0.15, 0.2) is 5.78 Å². The van der Waals surface area contributed by atoms with Gasteiger partial charge in [0, 0.05) is 25.7 Å². The van der Waals surface area contributed by atoms with Crippen LogP contribution in [0.4, 0.5) is 0 Å².